The van der Waals surface area contributed by atoms with Gasteiger partial charge < -0.3 is 9.47 Å². The molecule has 0 aromatic carbocycles. The number of halogens is 1. The predicted molar refractivity (Wildman–Crippen MR) is 56.8 cm³/mol. The van der Waals surface area contributed by atoms with Gasteiger partial charge in [0.05, 0.1) is 17.8 Å². The third-order valence-corrected chi connectivity index (χ3v) is 3.59. The fourth-order valence-corrected chi connectivity index (χ4v) is 3.25. The Morgan fingerprint density at radius 2 is 1.79 bits per heavy atom. The first-order valence-corrected chi connectivity index (χ1v) is 5.97. The highest BCUT2D eigenvalue weighted by atomic mass is 35.5. The number of ether oxygens (including phenoxy) is 2. The van der Waals surface area contributed by atoms with Crippen LogP contribution in [0.2, 0.25) is 0 Å². The highest BCUT2D eigenvalue weighted by Crippen LogP contribution is 2.40. The van der Waals surface area contributed by atoms with Gasteiger partial charge in [-0.2, -0.15) is 0 Å². The quantitative estimate of drug-likeness (QED) is 0.582. The molecule has 2 heterocycles. The third-order valence-electron chi connectivity index (χ3n) is 3.22. The van der Waals surface area contributed by atoms with E-state index in [1.807, 2.05) is 0 Å². The third kappa shape index (κ3) is 2.23. The van der Waals surface area contributed by atoms with Gasteiger partial charge in [-0.3, -0.25) is 0 Å². The van der Waals surface area contributed by atoms with Crippen LogP contribution in [0, 0.1) is 0 Å². The first-order valence-electron chi connectivity index (χ1n) is 5.53. The van der Waals surface area contributed by atoms with Crippen molar-refractivity contribution in [3.8, 4) is 0 Å². The van der Waals surface area contributed by atoms with Crippen molar-refractivity contribution in [2.45, 2.75) is 62.7 Å². The largest absolute Gasteiger partial charge is 0.375 e. The van der Waals surface area contributed by atoms with Gasteiger partial charge in [-0.25, -0.2) is 0 Å². The summed E-state index contributed by atoms with van der Waals surface area (Å²) in [5.41, 5.74) is 0.0156. The van der Waals surface area contributed by atoms with Crippen molar-refractivity contribution < 1.29 is 9.47 Å². The van der Waals surface area contributed by atoms with E-state index in [2.05, 4.69) is 13.8 Å². The van der Waals surface area contributed by atoms with Crippen molar-refractivity contribution >= 4 is 11.6 Å². The van der Waals surface area contributed by atoms with Crippen LogP contribution in [0.15, 0.2) is 0 Å². The molecule has 2 aliphatic rings. The molecule has 0 bridgehead atoms. The summed E-state index contributed by atoms with van der Waals surface area (Å²) in [7, 11) is 0. The van der Waals surface area contributed by atoms with Crippen LogP contribution >= 0.6 is 11.6 Å². The second-order valence-electron chi connectivity index (χ2n) is 4.79. The molecule has 2 rings (SSSR count). The van der Waals surface area contributed by atoms with Gasteiger partial charge in [0.25, 0.3) is 0 Å². The van der Waals surface area contributed by atoms with Crippen molar-refractivity contribution in [3.05, 3.63) is 0 Å². The Hall–Kier alpha value is 0.210. The minimum absolute atomic E-state index is 0.0156. The molecule has 14 heavy (non-hydrogen) atoms. The van der Waals surface area contributed by atoms with Crippen LogP contribution in [0.4, 0.5) is 0 Å². The van der Waals surface area contributed by atoms with Crippen molar-refractivity contribution in [3.63, 3.8) is 0 Å². The zero-order chi connectivity index (χ0) is 10.2. The fraction of sp³-hybridized carbons (Fsp3) is 1.00. The standard InChI is InChI=1S/C11H19ClO2/c1-8-5-11(6-9(2)14-8)7-10(12)3-4-13-11/h8-10H,3-7H2,1-2H3. The van der Waals surface area contributed by atoms with E-state index in [0.717, 1.165) is 32.3 Å². The number of rotatable bonds is 0. The maximum absolute atomic E-state index is 6.21. The lowest BCUT2D eigenvalue weighted by molar-refractivity contribution is -0.174. The molecule has 0 aromatic rings. The molecule has 2 aliphatic heterocycles. The highest BCUT2D eigenvalue weighted by molar-refractivity contribution is 6.20. The van der Waals surface area contributed by atoms with Gasteiger partial charge >= 0.3 is 0 Å². The lowest BCUT2D eigenvalue weighted by atomic mass is 9.81. The van der Waals surface area contributed by atoms with Gasteiger partial charge in [-0.05, 0) is 26.7 Å². The Morgan fingerprint density at radius 1 is 1.14 bits per heavy atom. The van der Waals surface area contributed by atoms with Gasteiger partial charge in [0.1, 0.15) is 0 Å². The monoisotopic (exact) mass is 218 g/mol. The van der Waals surface area contributed by atoms with Crippen LogP contribution in [-0.2, 0) is 9.47 Å². The molecule has 0 radical (unpaired) electrons. The van der Waals surface area contributed by atoms with Crippen molar-refractivity contribution in [2.24, 2.45) is 0 Å². The zero-order valence-corrected chi connectivity index (χ0v) is 9.72. The summed E-state index contributed by atoms with van der Waals surface area (Å²) in [5.74, 6) is 0. The second kappa shape index (κ2) is 3.99. The molecule has 3 heteroatoms. The average Bonchev–Trinajstić information content (AvgIpc) is 1.99. The van der Waals surface area contributed by atoms with Gasteiger partial charge in [0.15, 0.2) is 0 Å². The molecule has 3 unspecified atom stereocenters. The molecule has 1 spiro atoms. The summed E-state index contributed by atoms with van der Waals surface area (Å²) in [5, 5.41) is 0.293. The molecule has 2 fully saturated rings. The summed E-state index contributed by atoms with van der Waals surface area (Å²) >= 11 is 6.21. The van der Waals surface area contributed by atoms with Crippen LogP contribution in [0.5, 0.6) is 0 Å². The van der Waals surface area contributed by atoms with Gasteiger partial charge in [0, 0.05) is 24.8 Å². The SMILES string of the molecule is CC1CC2(CC(Cl)CCO2)CC(C)O1. The first kappa shape index (κ1) is 10.7. The minimum Gasteiger partial charge on any atom is -0.375 e. The second-order valence-corrected chi connectivity index (χ2v) is 5.40. The average molecular weight is 219 g/mol. The molecule has 82 valence electrons. The summed E-state index contributed by atoms with van der Waals surface area (Å²) in [4.78, 5) is 0. The van der Waals surface area contributed by atoms with Crippen molar-refractivity contribution in [1.29, 1.82) is 0 Å². The van der Waals surface area contributed by atoms with E-state index in [4.69, 9.17) is 21.1 Å². The molecule has 0 saturated carbocycles. The van der Waals surface area contributed by atoms with E-state index in [-0.39, 0.29) is 5.60 Å². The molecular weight excluding hydrogens is 200 g/mol. The molecule has 3 atom stereocenters. The van der Waals surface area contributed by atoms with Crippen molar-refractivity contribution in [2.75, 3.05) is 6.61 Å². The Morgan fingerprint density at radius 3 is 2.36 bits per heavy atom. The predicted octanol–water partition coefficient (Wildman–Crippen LogP) is 2.73. The van der Waals surface area contributed by atoms with Gasteiger partial charge in [-0.1, -0.05) is 0 Å². The molecule has 0 amide bonds. The van der Waals surface area contributed by atoms with Gasteiger partial charge in [-0.15, -0.1) is 11.6 Å². The van der Waals surface area contributed by atoms with Crippen LogP contribution in [0.3, 0.4) is 0 Å². The summed E-state index contributed by atoms with van der Waals surface area (Å²) in [6, 6.07) is 0. The van der Waals surface area contributed by atoms with E-state index in [0.29, 0.717) is 17.6 Å². The lowest BCUT2D eigenvalue weighted by Gasteiger charge is -2.46. The zero-order valence-electron chi connectivity index (χ0n) is 8.96. The van der Waals surface area contributed by atoms with Crippen LogP contribution in [-0.4, -0.2) is 29.8 Å². The van der Waals surface area contributed by atoms with Crippen molar-refractivity contribution in [1.82, 2.24) is 0 Å². The van der Waals surface area contributed by atoms with E-state index in [1.54, 1.807) is 0 Å². The lowest BCUT2D eigenvalue weighted by Crippen LogP contribution is -2.49. The van der Waals surface area contributed by atoms with Gasteiger partial charge in [0.2, 0.25) is 0 Å². The van der Waals surface area contributed by atoms with Crippen LogP contribution in [0.25, 0.3) is 0 Å². The first-order chi connectivity index (χ1) is 6.60. The Kier molecular flexibility index (Phi) is 3.06. The fourth-order valence-electron chi connectivity index (χ4n) is 2.88. The molecule has 0 N–H and O–H groups in total. The summed E-state index contributed by atoms with van der Waals surface area (Å²) in [6.45, 7) is 5.06. The molecule has 2 saturated heterocycles. The number of alkyl halides is 1. The normalized spacial score (nSPS) is 49.5. The summed E-state index contributed by atoms with van der Waals surface area (Å²) in [6.07, 6.45) is 4.60. The van der Waals surface area contributed by atoms with Crippen LogP contribution < -0.4 is 0 Å². The van der Waals surface area contributed by atoms with E-state index < -0.39 is 0 Å². The molecule has 2 nitrogen and oxygen atoms in total. The Balaban J connectivity index is 2.05. The van der Waals surface area contributed by atoms with Crippen LogP contribution in [0.1, 0.15) is 39.5 Å². The maximum atomic E-state index is 6.21. The summed E-state index contributed by atoms with van der Waals surface area (Å²) < 4.78 is 11.7. The minimum atomic E-state index is 0.0156. The molecular formula is C11H19ClO2. The van der Waals surface area contributed by atoms with E-state index in [1.165, 1.54) is 0 Å². The molecule has 0 aromatic heterocycles. The topological polar surface area (TPSA) is 18.5 Å². The van der Waals surface area contributed by atoms with E-state index >= 15 is 0 Å². The smallest absolute Gasteiger partial charge is 0.0745 e. The number of hydrogen-bond donors (Lipinski definition) is 0. The Bertz CT molecular complexity index is 192. The molecule has 0 aliphatic carbocycles. The van der Waals surface area contributed by atoms with E-state index in [9.17, 15) is 0 Å². The maximum Gasteiger partial charge on any atom is 0.0745 e. The highest BCUT2D eigenvalue weighted by Gasteiger charge is 2.42. The number of hydrogen-bond acceptors (Lipinski definition) is 2. The Labute approximate surface area is 90.9 Å².